The zero-order valence-electron chi connectivity index (χ0n) is 18.7. The molecule has 0 radical (unpaired) electrons. The van der Waals surface area contributed by atoms with Gasteiger partial charge in [-0.25, -0.2) is 4.79 Å². The van der Waals surface area contributed by atoms with Crippen LogP contribution in [0, 0.1) is 10.8 Å². The molecule has 2 aliphatic rings. The molecule has 2 aliphatic carbocycles. The number of benzene rings is 1. The van der Waals surface area contributed by atoms with E-state index in [1.54, 1.807) is 24.3 Å². The first-order valence-electron chi connectivity index (χ1n) is 10.4. The molecule has 0 saturated carbocycles. The Morgan fingerprint density at radius 2 is 1.26 bits per heavy atom. The molecule has 1 aromatic rings. The summed E-state index contributed by atoms with van der Waals surface area (Å²) < 4.78 is 4.74. The molecule has 0 unspecified atom stereocenters. The van der Waals surface area contributed by atoms with Crippen LogP contribution in [0.1, 0.15) is 75.2 Å². The average Bonchev–Trinajstić information content (AvgIpc) is 2.63. The van der Waals surface area contributed by atoms with Crippen molar-refractivity contribution < 1.29 is 29.3 Å². The van der Waals surface area contributed by atoms with E-state index >= 15 is 0 Å². The minimum Gasteiger partial charge on any atom is -0.512 e. The third-order valence-electron chi connectivity index (χ3n) is 6.04. The van der Waals surface area contributed by atoms with E-state index in [1.165, 1.54) is 7.11 Å². The Hall–Kier alpha value is -2.89. The largest absolute Gasteiger partial charge is 0.512 e. The van der Waals surface area contributed by atoms with Crippen molar-refractivity contribution in [1.82, 2.24) is 0 Å². The van der Waals surface area contributed by atoms with Crippen molar-refractivity contribution in [2.45, 2.75) is 59.3 Å². The molecule has 0 heterocycles. The lowest BCUT2D eigenvalue weighted by molar-refractivity contribution is -0.119. The molecule has 0 saturated heterocycles. The van der Waals surface area contributed by atoms with E-state index in [-0.39, 0.29) is 57.9 Å². The van der Waals surface area contributed by atoms with Crippen molar-refractivity contribution in [2.75, 3.05) is 7.11 Å². The highest BCUT2D eigenvalue weighted by atomic mass is 16.5. The van der Waals surface area contributed by atoms with Gasteiger partial charge in [0.05, 0.1) is 12.7 Å². The van der Waals surface area contributed by atoms with Gasteiger partial charge >= 0.3 is 5.97 Å². The lowest BCUT2D eigenvalue weighted by Crippen LogP contribution is -2.33. The molecule has 0 bridgehead atoms. The van der Waals surface area contributed by atoms with Crippen LogP contribution in [0.3, 0.4) is 0 Å². The van der Waals surface area contributed by atoms with E-state index in [0.717, 1.165) is 0 Å². The molecule has 3 rings (SSSR count). The zero-order valence-corrected chi connectivity index (χ0v) is 18.7. The summed E-state index contributed by atoms with van der Waals surface area (Å²) in [5.74, 6) is -1.98. The highest BCUT2D eigenvalue weighted by Crippen LogP contribution is 2.47. The molecule has 166 valence electrons. The number of methoxy groups -OCH3 is 1. The number of rotatable bonds is 4. The summed E-state index contributed by atoms with van der Waals surface area (Å²) in [4.78, 5) is 38.1. The van der Waals surface area contributed by atoms with Gasteiger partial charge in [0.25, 0.3) is 0 Å². The Morgan fingerprint density at radius 3 is 1.61 bits per heavy atom. The predicted molar refractivity (Wildman–Crippen MR) is 116 cm³/mol. The molecule has 0 fully saturated rings. The molecule has 0 spiro atoms. The van der Waals surface area contributed by atoms with Gasteiger partial charge in [-0.2, -0.15) is 0 Å². The Balaban J connectivity index is 2.20. The van der Waals surface area contributed by atoms with Gasteiger partial charge in [-0.1, -0.05) is 39.8 Å². The molecule has 6 heteroatoms. The van der Waals surface area contributed by atoms with E-state index < -0.39 is 11.9 Å². The number of allylic oxidation sites excluding steroid dienone is 4. The number of hydrogen-bond donors (Lipinski definition) is 2. The van der Waals surface area contributed by atoms with Crippen molar-refractivity contribution in [3.63, 3.8) is 0 Å². The number of ketones is 2. The number of hydrogen-bond acceptors (Lipinski definition) is 6. The molecule has 0 atom stereocenters. The lowest BCUT2D eigenvalue weighted by Gasteiger charge is -2.36. The molecule has 0 aliphatic heterocycles. The highest BCUT2D eigenvalue weighted by molar-refractivity contribution is 6.05. The van der Waals surface area contributed by atoms with Crippen molar-refractivity contribution in [2.24, 2.45) is 10.8 Å². The fraction of sp³-hybridized carbons (Fsp3) is 0.480. The van der Waals surface area contributed by atoms with Crippen LogP contribution in [0.4, 0.5) is 0 Å². The number of carbonyl (C=O) groups excluding carboxylic acids is 3. The molecular weight excluding hydrogens is 396 g/mol. The second-order valence-corrected chi connectivity index (χ2v) is 10.1. The summed E-state index contributed by atoms with van der Waals surface area (Å²) in [6.45, 7) is 7.62. The molecule has 1 aromatic carbocycles. The van der Waals surface area contributed by atoms with Gasteiger partial charge in [0, 0.05) is 42.7 Å². The van der Waals surface area contributed by atoms with E-state index in [1.807, 2.05) is 27.7 Å². The predicted octanol–water partition coefficient (Wildman–Crippen LogP) is 4.96. The van der Waals surface area contributed by atoms with Gasteiger partial charge in [0.2, 0.25) is 0 Å². The van der Waals surface area contributed by atoms with E-state index in [4.69, 9.17) is 4.74 Å². The lowest BCUT2D eigenvalue weighted by atomic mass is 9.67. The first kappa shape index (κ1) is 22.8. The van der Waals surface area contributed by atoms with Gasteiger partial charge in [-0.3, -0.25) is 9.59 Å². The maximum absolute atomic E-state index is 13.1. The number of Topliss-reactive ketones (excluding diaryl/α,β-unsaturated/α-hetero) is 2. The summed E-state index contributed by atoms with van der Waals surface area (Å²) >= 11 is 0. The maximum atomic E-state index is 13.1. The smallest absolute Gasteiger partial charge is 0.337 e. The van der Waals surface area contributed by atoms with Crippen LogP contribution in [0.2, 0.25) is 0 Å². The van der Waals surface area contributed by atoms with Gasteiger partial charge in [-0.05, 0) is 28.5 Å². The number of aliphatic hydroxyl groups is 2. The van der Waals surface area contributed by atoms with Gasteiger partial charge < -0.3 is 14.9 Å². The summed E-state index contributed by atoms with van der Waals surface area (Å²) in [5, 5.41) is 21.7. The molecule has 6 nitrogen and oxygen atoms in total. The van der Waals surface area contributed by atoms with Gasteiger partial charge in [0.1, 0.15) is 11.5 Å². The van der Waals surface area contributed by atoms with Gasteiger partial charge in [0.15, 0.2) is 11.6 Å². The molecular formula is C25H30O6. The van der Waals surface area contributed by atoms with Crippen LogP contribution in [0.15, 0.2) is 46.9 Å². The maximum Gasteiger partial charge on any atom is 0.337 e. The van der Waals surface area contributed by atoms with Crippen LogP contribution >= 0.6 is 0 Å². The molecule has 2 N–H and O–H groups in total. The monoisotopic (exact) mass is 426 g/mol. The zero-order chi connectivity index (χ0) is 23.1. The van der Waals surface area contributed by atoms with Crippen LogP contribution in [0.25, 0.3) is 0 Å². The fourth-order valence-electron chi connectivity index (χ4n) is 4.67. The molecule has 0 aromatic heterocycles. The first-order chi connectivity index (χ1) is 14.3. The summed E-state index contributed by atoms with van der Waals surface area (Å²) in [5.41, 5.74) is 0.405. The topological polar surface area (TPSA) is 101 Å². The highest BCUT2D eigenvalue weighted by Gasteiger charge is 2.43. The van der Waals surface area contributed by atoms with E-state index in [0.29, 0.717) is 24.0 Å². The summed E-state index contributed by atoms with van der Waals surface area (Å²) in [6, 6.07) is 6.38. The summed E-state index contributed by atoms with van der Waals surface area (Å²) in [6.07, 6.45) is 1.07. The SMILES string of the molecule is COC(=O)c1ccc(C(C2=C(O)CC(C)(C)CC2=O)C2=C(O)CC(C)(C)CC2=O)cc1. The third-order valence-corrected chi connectivity index (χ3v) is 6.04. The van der Waals surface area contributed by atoms with Crippen LogP contribution < -0.4 is 0 Å². The third kappa shape index (κ3) is 4.58. The molecule has 31 heavy (non-hydrogen) atoms. The van der Waals surface area contributed by atoms with Crippen molar-refractivity contribution in [3.8, 4) is 0 Å². The van der Waals surface area contributed by atoms with Crippen molar-refractivity contribution in [1.29, 1.82) is 0 Å². The second kappa shape index (κ2) is 7.98. The van der Waals surface area contributed by atoms with Crippen LogP contribution in [-0.2, 0) is 14.3 Å². The quantitative estimate of drug-likeness (QED) is 0.660. The Kier molecular flexibility index (Phi) is 5.87. The van der Waals surface area contributed by atoms with Crippen molar-refractivity contribution in [3.05, 3.63) is 58.1 Å². The van der Waals surface area contributed by atoms with Crippen molar-refractivity contribution >= 4 is 17.5 Å². The standard InChI is InChI=1S/C25H30O6/c1-24(2)10-16(26)21(17(27)11-24)20(14-6-8-15(9-7-14)23(30)31-5)22-18(28)12-25(3,4)13-19(22)29/h6-9,20,26,28H,10-13H2,1-5H3. The second-order valence-electron chi connectivity index (χ2n) is 10.1. The average molecular weight is 427 g/mol. The Morgan fingerprint density at radius 1 is 0.839 bits per heavy atom. The fourth-order valence-corrected chi connectivity index (χ4v) is 4.67. The first-order valence-corrected chi connectivity index (χ1v) is 10.4. The minimum absolute atomic E-state index is 0.0544. The Bertz CT molecular complexity index is 939. The number of esters is 1. The number of aliphatic hydroxyl groups excluding tert-OH is 2. The van der Waals surface area contributed by atoms with E-state index in [9.17, 15) is 24.6 Å². The number of carbonyl (C=O) groups is 3. The van der Waals surface area contributed by atoms with Crippen LogP contribution in [-0.4, -0.2) is 34.9 Å². The van der Waals surface area contributed by atoms with Crippen LogP contribution in [0.5, 0.6) is 0 Å². The van der Waals surface area contributed by atoms with E-state index in [2.05, 4.69) is 0 Å². The molecule has 0 amide bonds. The summed E-state index contributed by atoms with van der Waals surface area (Å²) in [7, 11) is 1.29. The number of ether oxygens (including phenoxy) is 1. The van der Waals surface area contributed by atoms with Gasteiger partial charge in [-0.15, -0.1) is 0 Å². The minimum atomic E-state index is -0.890. The Labute approximate surface area is 182 Å². The normalized spacial score (nSPS) is 21.0.